The summed E-state index contributed by atoms with van der Waals surface area (Å²) in [5.41, 5.74) is 6.46. The van der Waals surface area contributed by atoms with Gasteiger partial charge in [0, 0.05) is 11.4 Å². The second-order valence-electron chi connectivity index (χ2n) is 3.97. The van der Waals surface area contributed by atoms with Crippen molar-refractivity contribution < 1.29 is 19.1 Å². The van der Waals surface area contributed by atoms with Gasteiger partial charge < -0.3 is 16.2 Å². The highest BCUT2D eigenvalue weighted by molar-refractivity contribution is 8.00. The lowest BCUT2D eigenvalue weighted by Crippen LogP contribution is -2.33. The van der Waals surface area contributed by atoms with Crippen molar-refractivity contribution in [3.05, 3.63) is 29.6 Å². The van der Waals surface area contributed by atoms with Crippen LogP contribution in [0.25, 0.3) is 0 Å². The summed E-state index contributed by atoms with van der Waals surface area (Å²) in [6, 6.07) is 3.12. The number of carbonyl (C=O) groups excluding carboxylic acids is 1. The molecule has 5 nitrogen and oxygen atoms in total. The fourth-order valence-electron chi connectivity index (χ4n) is 1.27. The number of anilines is 1. The molecule has 0 aliphatic carbocycles. The minimum absolute atomic E-state index is 0.0664. The number of hydrogen-bond acceptors (Lipinski definition) is 4. The molecular formula is C12H15FN2O3S. The highest BCUT2D eigenvalue weighted by atomic mass is 32.2. The van der Waals surface area contributed by atoms with Gasteiger partial charge in [0.2, 0.25) is 5.91 Å². The third-order valence-electron chi connectivity index (χ3n) is 2.32. The molecule has 0 heterocycles. The first-order valence-corrected chi connectivity index (χ1v) is 6.67. The Morgan fingerprint density at radius 3 is 2.84 bits per heavy atom. The van der Waals surface area contributed by atoms with E-state index in [0.717, 1.165) is 17.3 Å². The normalized spacial score (nSPS) is 11.9. The topological polar surface area (TPSA) is 92.4 Å². The number of benzene rings is 1. The van der Waals surface area contributed by atoms with Crippen LogP contribution in [-0.4, -0.2) is 34.5 Å². The van der Waals surface area contributed by atoms with Gasteiger partial charge in [0.25, 0.3) is 0 Å². The predicted octanol–water partition coefficient (Wildman–Crippen LogP) is 1.22. The van der Waals surface area contributed by atoms with E-state index >= 15 is 0 Å². The minimum atomic E-state index is -1.10. The van der Waals surface area contributed by atoms with Gasteiger partial charge in [-0.15, -0.1) is 11.8 Å². The molecule has 0 saturated carbocycles. The highest BCUT2D eigenvalue weighted by Crippen LogP contribution is 2.16. The third kappa shape index (κ3) is 5.27. The summed E-state index contributed by atoms with van der Waals surface area (Å²) in [6.45, 7) is 1.75. The van der Waals surface area contributed by atoms with Gasteiger partial charge in [-0.2, -0.15) is 0 Å². The average Bonchev–Trinajstić information content (AvgIpc) is 2.33. The van der Waals surface area contributed by atoms with Gasteiger partial charge in [0.15, 0.2) is 0 Å². The van der Waals surface area contributed by atoms with Crippen molar-refractivity contribution in [2.75, 3.05) is 16.8 Å². The van der Waals surface area contributed by atoms with Crippen molar-refractivity contribution in [2.24, 2.45) is 5.73 Å². The molecule has 1 aromatic carbocycles. The maximum atomic E-state index is 13.0. The largest absolute Gasteiger partial charge is 0.480 e. The molecular weight excluding hydrogens is 271 g/mol. The second kappa shape index (κ2) is 7.10. The Kier molecular flexibility index (Phi) is 5.78. The van der Waals surface area contributed by atoms with E-state index in [1.165, 1.54) is 12.1 Å². The maximum absolute atomic E-state index is 13.0. The van der Waals surface area contributed by atoms with E-state index in [1.807, 2.05) is 0 Å². The number of amides is 1. The average molecular weight is 286 g/mol. The molecule has 1 amide bonds. The number of thioether (sulfide) groups is 1. The van der Waals surface area contributed by atoms with Crippen LogP contribution in [0.2, 0.25) is 0 Å². The lowest BCUT2D eigenvalue weighted by molar-refractivity contribution is -0.137. The molecule has 0 aromatic heterocycles. The van der Waals surface area contributed by atoms with Crippen molar-refractivity contribution in [1.82, 2.24) is 0 Å². The van der Waals surface area contributed by atoms with Crippen LogP contribution in [-0.2, 0) is 9.59 Å². The second-order valence-corrected chi connectivity index (χ2v) is 5.00. The molecule has 4 N–H and O–H groups in total. The minimum Gasteiger partial charge on any atom is -0.480 e. The standard InChI is InChI=1S/C12H15FN2O3S/c1-7-2-3-8(13)4-10(7)15-11(16)6-19-5-9(14)12(17)18/h2-4,9H,5-6,14H2,1H3,(H,15,16)(H,17,18). The Bertz CT molecular complexity index is 482. The van der Waals surface area contributed by atoms with Crippen LogP contribution in [0.5, 0.6) is 0 Å². The summed E-state index contributed by atoms with van der Waals surface area (Å²) in [5.74, 6) is -1.64. The van der Waals surface area contributed by atoms with Gasteiger partial charge in [-0.1, -0.05) is 6.07 Å². The molecule has 0 bridgehead atoms. The van der Waals surface area contributed by atoms with E-state index in [4.69, 9.17) is 10.8 Å². The fraction of sp³-hybridized carbons (Fsp3) is 0.333. The maximum Gasteiger partial charge on any atom is 0.321 e. The summed E-state index contributed by atoms with van der Waals surface area (Å²) in [5, 5.41) is 11.1. The van der Waals surface area contributed by atoms with Gasteiger partial charge in [-0.05, 0) is 24.6 Å². The molecule has 0 aliphatic heterocycles. The monoisotopic (exact) mass is 286 g/mol. The predicted molar refractivity (Wildman–Crippen MR) is 72.7 cm³/mol. The van der Waals surface area contributed by atoms with E-state index in [2.05, 4.69) is 5.32 Å². The van der Waals surface area contributed by atoms with Crippen LogP contribution >= 0.6 is 11.8 Å². The van der Waals surface area contributed by atoms with E-state index in [0.29, 0.717) is 5.69 Å². The number of carboxylic acids is 1. The van der Waals surface area contributed by atoms with Crippen molar-refractivity contribution in [3.8, 4) is 0 Å². The first kappa shape index (κ1) is 15.5. The zero-order chi connectivity index (χ0) is 14.4. The molecule has 1 rings (SSSR count). The number of rotatable bonds is 6. The van der Waals surface area contributed by atoms with Gasteiger partial charge in [0.1, 0.15) is 11.9 Å². The molecule has 1 aromatic rings. The lowest BCUT2D eigenvalue weighted by Gasteiger charge is -2.09. The first-order chi connectivity index (χ1) is 8.90. The molecule has 1 unspecified atom stereocenters. The number of hydrogen-bond donors (Lipinski definition) is 3. The molecule has 0 saturated heterocycles. The zero-order valence-corrected chi connectivity index (χ0v) is 11.2. The number of carboxylic acid groups (broad SMARTS) is 1. The van der Waals surface area contributed by atoms with Crippen LogP contribution in [0.15, 0.2) is 18.2 Å². The highest BCUT2D eigenvalue weighted by Gasteiger charge is 2.12. The summed E-state index contributed by atoms with van der Waals surface area (Å²) < 4.78 is 13.0. The number of nitrogens with one attached hydrogen (secondary N) is 1. The van der Waals surface area contributed by atoms with E-state index in [-0.39, 0.29) is 17.4 Å². The van der Waals surface area contributed by atoms with Crippen LogP contribution < -0.4 is 11.1 Å². The van der Waals surface area contributed by atoms with Crippen LogP contribution in [0, 0.1) is 12.7 Å². The number of aryl methyl sites for hydroxylation is 1. The van der Waals surface area contributed by atoms with Crippen molar-refractivity contribution in [1.29, 1.82) is 0 Å². The van der Waals surface area contributed by atoms with Crippen molar-refractivity contribution >= 4 is 29.3 Å². The van der Waals surface area contributed by atoms with E-state index < -0.39 is 17.8 Å². The number of aliphatic carboxylic acids is 1. The van der Waals surface area contributed by atoms with Gasteiger partial charge in [0.05, 0.1) is 5.75 Å². The summed E-state index contributed by atoms with van der Waals surface area (Å²) >= 11 is 1.12. The summed E-state index contributed by atoms with van der Waals surface area (Å²) in [6.07, 6.45) is 0. The molecule has 0 radical (unpaired) electrons. The van der Waals surface area contributed by atoms with Gasteiger partial charge in [-0.25, -0.2) is 4.39 Å². The van der Waals surface area contributed by atoms with Crippen molar-refractivity contribution in [3.63, 3.8) is 0 Å². The zero-order valence-electron chi connectivity index (χ0n) is 10.4. The van der Waals surface area contributed by atoms with Crippen molar-refractivity contribution in [2.45, 2.75) is 13.0 Å². The number of halogens is 1. The van der Waals surface area contributed by atoms with Crippen LogP contribution in [0.3, 0.4) is 0 Å². The van der Waals surface area contributed by atoms with Gasteiger partial charge >= 0.3 is 5.97 Å². The first-order valence-electron chi connectivity index (χ1n) is 5.52. The van der Waals surface area contributed by atoms with E-state index in [1.54, 1.807) is 13.0 Å². The molecule has 104 valence electrons. The Balaban J connectivity index is 2.43. The lowest BCUT2D eigenvalue weighted by atomic mass is 10.2. The smallest absolute Gasteiger partial charge is 0.321 e. The Labute approximate surface area is 114 Å². The SMILES string of the molecule is Cc1ccc(F)cc1NC(=O)CSCC(N)C(=O)O. The molecule has 7 heteroatoms. The van der Waals surface area contributed by atoms with Crippen LogP contribution in [0.4, 0.5) is 10.1 Å². The number of carbonyl (C=O) groups is 2. The van der Waals surface area contributed by atoms with Gasteiger partial charge in [-0.3, -0.25) is 9.59 Å². The Morgan fingerprint density at radius 1 is 1.53 bits per heavy atom. The summed E-state index contributed by atoms with van der Waals surface area (Å²) in [7, 11) is 0. The number of nitrogens with two attached hydrogens (primary N) is 1. The van der Waals surface area contributed by atoms with E-state index in [9.17, 15) is 14.0 Å². The fourth-order valence-corrected chi connectivity index (χ4v) is 2.04. The molecule has 0 spiro atoms. The summed E-state index contributed by atoms with van der Waals surface area (Å²) in [4.78, 5) is 22.1. The Hall–Kier alpha value is -1.60. The van der Waals surface area contributed by atoms with Crippen LogP contribution in [0.1, 0.15) is 5.56 Å². The quantitative estimate of drug-likeness (QED) is 0.731. The Morgan fingerprint density at radius 2 is 2.21 bits per heavy atom. The molecule has 0 aliphatic rings. The molecule has 19 heavy (non-hydrogen) atoms. The molecule has 1 atom stereocenters. The third-order valence-corrected chi connectivity index (χ3v) is 3.38. The molecule has 0 fully saturated rings.